The number of nitrogens with one attached hydrogen (secondary N) is 1. The number of fused-ring (bicyclic) bond motifs is 1. The molecule has 5 nitrogen and oxygen atoms in total. The van der Waals surface area contributed by atoms with Gasteiger partial charge in [-0.15, -0.1) is 0 Å². The third kappa shape index (κ3) is 2.35. The molecule has 4 unspecified atom stereocenters. The molecule has 2 fully saturated rings. The summed E-state index contributed by atoms with van der Waals surface area (Å²) in [4.78, 5) is 38.7. The van der Waals surface area contributed by atoms with Gasteiger partial charge in [0.15, 0.2) is 0 Å². The Labute approximate surface area is 140 Å². The van der Waals surface area contributed by atoms with Gasteiger partial charge < -0.3 is 5.32 Å². The van der Waals surface area contributed by atoms with Crippen molar-refractivity contribution in [2.24, 2.45) is 23.7 Å². The molecule has 3 aliphatic carbocycles. The van der Waals surface area contributed by atoms with Gasteiger partial charge in [-0.05, 0) is 43.7 Å². The molecule has 124 valence electrons. The van der Waals surface area contributed by atoms with Gasteiger partial charge in [0.25, 0.3) is 0 Å². The van der Waals surface area contributed by atoms with Gasteiger partial charge in [-0.25, -0.2) is 0 Å². The Hall–Kier alpha value is -2.43. The fourth-order valence-electron chi connectivity index (χ4n) is 4.27. The first-order valence-corrected chi connectivity index (χ1v) is 8.44. The summed E-state index contributed by atoms with van der Waals surface area (Å²) in [7, 11) is 0. The van der Waals surface area contributed by atoms with E-state index in [1.807, 2.05) is 31.2 Å². The van der Waals surface area contributed by atoms with Crippen LogP contribution in [0.25, 0.3) is 0 Å². The Bertz CT molecular complexity index is 705. The highest BCUT2D eigenvalue weighted by molar-refractivity contribution is 6.09. The Morgan fingerprint density at radius 1 is 1.04 bits per heavy atom. The minimum absolute atomic E-state index is 0.154. The Balaban J connectivity index is 1.47. The van der Waals surface area contributed by atoms with Crippen molar-refractivity contribution in [1.29, 1.82) is 0 Å². The maximum absolute atomic E-state index is 12.7. The smallest absolute Gasteiger partial charge is 0.244 e. The van der Waals surface area contributed by atoms with E-state index in [1.165, 1.54) is 0 Å². The van der Waals surface area contributed by atoms with Crippen molar-refractivity contribution in [1.82, 2.24) is 4.90 Å². The molecule has 0 radical (unpaired) electrons. The van der Waals surface area contributed by atoms with Crippen molar-refractivity contribution in [2.45, 2.75) is 19.8 Å². The number of carbonyl (C=O) groups excluding carboxylic acids is 3. The summed E-state index contributed by atoms with van der Waals surface area (Å²) in [6.07, 6.45) is 6.09. The predicted octanol–water partition coefficient (Wildman–Crippen LogP) is 2.13. The lowest BCUT2D eigenvalue weighted by atomic mass is 9.63. The zero-order valence-electron chi connectivity index (χ0n) is 13.6. The summed E-state index contributed by atoms with van der Waals surface area (Å²) in [5.41, 5.74) is 1.77. The third-order valence-electron chi connectivity index (χ3n) is 5.49. The van der Waals surface area contributed by atoms with E-state index in [0.29, 0.717) is 5.69 Å². The minimum atomic E-state index is -0.334. The van der Waals surface area contributed by atoms with Crippen molar-refractivity contribution in [3.05, 3.63) is 42.0 Å². The predicted molar refractivity (Wildman–Crippen MR) is 88.9 cm³/mol. The molecular weight excluding hydrogens is 304 g/mol. The first-order valence-electron chi connectivity index (χ1n) is 8.44. The van der Waals surface area contributed by atoms with Crippen molar-refractivity contribution in [3.63, 3.8) is 0 Å². The minimum Gasteiger partial charge on any atom is -0.325 e. The average molecular weight is 324 g/mol. The maximum Gasteiger partial charge on any atom is 0.244 e. The molecule has 1 aromatic carbocycles. The lowest BCUT2D eigenvalue weighted by molar-refractivity contribution is -0.142. The van der Waals surface area contributed by atoms with E-state index < -0.39 is 0 Å². The molecule has 24 heavy (non-hydrogen) atoms. The van der Waals surface area contributed by atoms with E-state index in [0.717, 1.165) is 23.3 Å². The van der Waals surface area contributed by atoms with E-state index in [9.17, 15) is 14.4 Å². The largest absolute Gasteiger partial charge is 0.325 e. The number of carbonyl (C=O) groups is 3. The van der Waals surface area contributed by atoms with Crippen LogP contribution in [0.1, 0.15) is 18.4 Å². The van der Waals surface area contributed by atoms with Gasteiger partial charge in [-0.2, -0.15) is 0 Å². The van der Waals surface area contributed by atoms with E-state index in [-0.39, 0.29) is 47.9 Å². The van der Waals surface area contributed by atoms with Crippen LogP contribution >= 0.6 is 0 Å². The number of nitrogens with zero attached hydrogens (tertiary/aromatic N) is 1. The van der Waals surface area contributed by atoms with Gasteiger partial charge in [-0.1, -0.05) is 29.8 Å². The van der Waals surface area contributed by atoms with Crippen LogP contribution in [-0.4, -0.2) is 29.2 Å². The number of imide groups is 1. The molecule has 1 aromatic rings. The molecular formula is C19H20N2O3. The summed E-state index contributed by atoms with van der Waals surface area (Å²) >= 11 is 0. The van der Waals surface area contributed by atoms with Crippen LogP contribution in [0.5, 0.6) is 0 Å². The second kappa shape index (κ2) is 5.58. The van der Waals surface area contributed by atoms with Crippen molar-refractivity contribution in [2.75, 3.05) is 11.9 Å². The van der Waals surface area contributed by atoms with Crippen LogP contribution in [-0.2, 0) is 14.4 Å². The topological polar surface area (TPSA) is 66.5 Å². The summed E-state index contributed by atoms with van der Waals surface area (Å²) in [5.74, 6) is -0.893. The van der Waals surface area contributed by atoms with Crippen molar-refractivity contribution in [3.8, 4) is 0 Å². The number of benzene rings is 1. The highest BCUT2D eigenvalue weighted by atomic mass is 16.2. The normalized spacial score (nSPS) is 30.6. The van der Waals surface area contributed by atoms with Crippen molar-refractivity contribution >= 4 is 23.4 Å². The average Bonchev–Trinajstić information content (AvgIpc) is 2.85. The number of anilines is 1. The molecule has 3 amide bonds. The van der Waals surface area contributed by atoms with E-state index in [2.05, 4.69) is 17.5 Å². The summed E-state index contributed by atoms with van der Waals surface area (Å²) in [6.45, 7) is 1.77. The van der Waals surface area contributed by atoms with Gasteiger partial charge in [0.2, 0.25) is 17.7 Å². The molecule has 1 saturated carbocycles. The Morgan fingerprint density at radius 3 is 2.08 bits per heavy atom. The number of rotatable bonds is 3. The quantitative estimate of drug-likeness (QED) is 0.684. The van der Waals surface area contributed by atoms with E-state index in [1.54, 1.807) is 0 Å². The van der Waals surface area contributed by atoms with Crippen LogP contribution in [0, 0.1) is 30.6 Å². The number of allylic oxidation sites excluding steroid dienone is 2. The first kappa shape index (κ1) is 15.1. The van der Waals surface area contributed by atoms with Crippen LogP contribution in [0.4, 0.5) is 5.69 Å². The SMILES string of the molecule is Cc1ccc(NC(=O)CN2C(=O)C3C4C=CC(CC4)C3C2=O)cc1. The number of aryl methyl sites for hydroxylation is 1. The summed E-state index contributed by atoms with van der Waals surface area (Å²) in [5, 5.41) is 2.76. The second-order valence-corrected chi connectivity index (χ2v) is 7.02. The Kier molecular flexibility index (Phi) is 3.52. The molecule has 1 N–H and O–H groups in total. The highest BCUT2D eigenvalue weighted by Gasteiger charge is 2.56. The number of hydrogen-bond donors (Lipinski definition) is 1. The van der Waals surface area contributed by atoms with Gasteiger partial charge >= 0.3 is 0 Å². The van der Waals surface area contributed by atoms with Gasteiger partial charge in [-0.3, -0.25) is 19.3 Å². The molecule has 1 heterocycles. The standard InChI is InChI=1S/C19H20N2O3/c1-11-2-8-14(9-3-11)20-15(22)10-21-18(23)16-12-4-5-13(7-6-12)17(16)19(21)24/h2-5,8-9,12-13,16-17H,6-7,10H2,1H3,(H,20,22). The molecule has 0 aromatic heterocycles. The Morgan fingerprint density at radius 2 is 1.58 bits per heavy atom. The van der Waals surface area contributed by atoms with Gasteiger partial charge in [0, 0.05) is 5.69 Å². The molecule has 1 aliphatic heterocycles. The second-order valence-electron chi connectivity index (χ2n) is 7.02. The molecule has 0 spiro atoms. The first-order chi connectivity index (χ1) is 11.5. The lowest BCUT2D eigenvalue weighted by Crippen LogP contribution is -2.38. The monoisotopic (exact) mass is 324 g/mol. The van der Waals surface area contributed by atoms with Crippen LogP contribution in [0.15, 0.2) is 36.4 Å². The molecule has 2 bridgehead atoms. The lowest BCUT2D eigenvalue weighted by Gasteiger charge is -2.38. The zero-order chi connectivity index (χ0) is 16.8. The van der Waals surface area contributed by atoms with Crippen LogP contribution in [0.2, 0.25) is 0 Å². The van der Waals surface area contributed by atoms with Gasteiger partial charge in [0.05, 0.1) is 11.8 Å². The highest BCUT2D eigenvalue weighted by Crippen LogP contribution is 2.49. The number of hydrogen-bond acceptors (Lipinski definition) is 3. The molecule has 5 heteroatoms. The maximum atomic E-state index is 12.7. The number of likely N-dealkylation sites (tertiary alicyclic amines) is 1. The zero-order valence-corrected chi connectivity index (χ0v) is 13.6. The van der Waals surface area contributed by atoms with Crippen molar-refractivity contribution < 1.29 is 14.4 Å². The fourth-order valence-corrected chi connectivity index (χ4v) is 4.27. The third-order valence-corrected chi connectivity index (χ3v) is 5.49. The fraction of sp³-hybridized carbons (Fsp3) is 0.421. The molecule has 5 rings (SSSR count). The molecule has 4 atom stereocenters. The van der Waals surface area contributed by atoms with E-state index in [4.69, 9.17) is 0 Å². The van der Waals surface area contributed by atoms with Gasteiger partial charge in [0.1, 0.15) is 6.54 Å². The molecule has 4 aliphatic rings. The van der Waals surface area contributed by atoms with E-state index >= 15 is 0 Å². The number of amides is 3. The van der Waals surface area contributed by atoms with Crippen LogP contribution < -0.4 is 5.32 Å². The molecule has 1 saturated heterocycles. The van der Waals surface area contributed by atoms with Crippen LogP contribution in [0.3, 0.4) is 0 Å². The summed E-state index contributed by atoms with van der Waals surface area (Å²) in [6, 6.07) is 7.43. The summed E-state index contributed by atoms with van der Waals surface area (Å²) < 4.78 is 0.